The molecule has 4 heteroatoms. The van der Waals surface area contributed by atoms with Crippen LogP contribution in [0.25, 0.3) is 54.7 Å². The summed E-state index contributed by atoms with van der Waals surface area (Å²) >= 11 is 1.73. The van der Waals surface area contributed by atoms with Gasteiger partial charge in [0.2, 0.25) is 0 Å². The van der Waals surface area contributed by atoms with Crippen molar-refractivity contribution in [2.75, 3.05) is 0 Å². The summed E-state index contributed by atoms with van der Waals surface area (Å²) in [4.78, 5) is 7.06. The Hall–Kier alpha value is -4.67. The minimum Gasteiger partial charge on any atom is -0.455 e. The Morgan fingerprint density at radius 2 is 1.18 bits per heavy atom. The molecule has 1 aliphatic rings. The maximum atomic E-state index is 14.2. The second-order valence-corrected chi connectivity index (χ2v) is 10.8. The molecule has 0 unspecified atom stereocenters. The summed E-state index contributed by atoms with van der Waals surface area (Å²) in [5.74, 6) is 1.55. The van der Waals surface area contributed by atoms with E-state index in [0.717, 1.165) is 76.0 Å². The van der Waals surface area contributed by atoms with E-state index >= 15 is 0 Å². The molecule has 2 nitrogen and oxygen atoms in total. The van der Waals surface area contributed by atoms with E-state index in [9.17, 15) is 4.39 Å². The number of nitrogens with zero attached hydrogens (tertiary/aromatic N) is 1. The van der Waals surface area contributed by atoms with Gasteiger partial charge in [0, 0.05) is 17.3 Å². The number of hydrogen-bond acceptors (Lipinski definition) is 3. The van der Waals surface area contributed by atoms with Crippen LogP contribution in [0.4, 0.5) is 4.39 Å². The summed E-state index contributed by atoms with van der Waals surface area (Å²) in [6.07, 6.45) is 1.93. The van der Waals surface area contributed by atoms with Crippen molar-refractivity contribution in [3.05, 3.63) is 127 Å². The normalized spacial score (nSPS) is 12.3. The third-order valence-electron chi connectivity index (χ3n) is 7.42. The van der Waals surface area contributed by atoms with Gasteiger partial charge in [0.15, 0.2) is 0 Å². The van der Waals surface area contributed by atoms with Gasteiger partial charge >= 0.3 is 0 Å². The molecule has 0 fully saturated rings. The summed E-state index contributed by atoms with van der Waals surface area (Å²) in [5, 5.41) is 6.40. The largest absolute Gasteiger partial charge is 0.455 e. The van der Waals surface area contributed by atoms with Crippen LogP contribution in [0.3, 0.4) is 0 Å². The molecule has 0 spiro atoms. The van der Waals surface area contributed by atoms with E-state index in [4.69, 9.17) is 9.72 Å². The van der Waals surface area contributed by atoms with Crippen LogP contribution in [0.15, 0.2) is 131 Å². The van der Waals surface area contributed by atoms with E-state index in [1.165, 1.54) is 6.07 Å². The Kier molecular flexibility index (Phi) is 4.97. The molecule has 6 aromatic carbocycles. The molecule has 0 bridgehead atoms. The van der Waals surface area contributed by atoms with E-state index < -0.39 is 0 Å². The number of aromatic nitrogens is 1. The lowest BCUT2D eigenvalue weighted by molar-refractivity contribution is 0.454. The third-order valence-corrected chi connectivity index (χ3v) is 8.52. The van der Waals surface area contributed by atoms with Gasteiger partial charge in [-0.25, -0.2) is 4.39 Å². The fourth-order valence-corrected chi connectivity index (χ4v) is 6.52. The first-order valence-electron chi connectivity index (χ1n) is 12.8. The molecule has 0 saturated heterocycles. The van der Waals surface area contributed by atoms with Gasteiger partial charge in [-0.2, -0.15) is 0 Å². The van der Waals surface area contributed by atoms with Crippen molar-refractivity contribution in [2.45, 2.75) is 9.79 Å². The number of para-hydroxylation sites is 1. The van der Waals surface area contributed by atoms with Gasteiger partial charge in [0.25, 0.3) is 0 Å². The van der Waals surface area contributed by atoms with Crippen LogP contribution >= 0.6 is 11.8 Å². The highest BCUT2D eigenvalue weighted by Gasteiger charge is 2.18. The Morgan fingerprint density at radius 3 is 2.05 bits per heavy atom. The fraction of sp³-hybridized carbons (Fsp3) is 0. The highest BCUT2D eigenvalue weighted by molar-refractivity contribution is 7.99. The fourth-order valence-electron chi connectivity index (χ4n) is 5.53. The molecule has 39 heavy (non-hydrogen) atoms. The van der Waals surface area contributed by atoms with Gasteiger partial charge < -0.3 is 4.74 Å². The van der Waals surface area contributed by atoms with Gasteiger partial charge in [0.05, 0.1) is 15.5 Å². The van der Waals surface area contributed by atoms with Crippen molar-refractivity contribution >= 4 is 44.1 Å². The number of ether oxygens (including phenoxy) is 1. The van der Waals surface area contributed by atoms with Gasteiger partial charge in [-0.05, 0) is 86.4 Å². The first-order chi connectivity index (χ1) is 19.2. The average Bonchev–Trinajstić information content (AvgIpc) is 2.99. The Bertz CT molecular complexity index is 2080. The zero-order valence-corrected chi connectivity index (χ0v) is 21.5. The van der Waals surface area contributed by atoms with E-state index in [2.05, 4.69) is 66.7 Å². The van der Waals surface area contributed by atoms with Gasteiger partial charge in [-0.3, -0.25) is 4.98 Å². The molecule has 0 saturated carbocycles. The first-order valence-corrected chi connectivity index (χ1v) is 13.6. The number of benzene rings is 6. The lowest BCUT2D eigenvalue weighted by atomic mass is 9.92. The highest BCUT2D eigenvalue weighted by Crippen LogP contribution is 2.48. The predicted molar refractivity (Wildman–Crippen MR) is 158 cm³/mol. The van der Waals surface area contributed by atoms with Crippen molar-refractivity contribution in [1.29, 1.82) is 0 Å². The minimum atomic E-state index is -0.225. The highest BCUT2D eigenvalue weighted by atomic mass is 32.2. The maximum absolute atomic E-state index is 14.2. The average molecular weight is 522 g/mol. The van der Waals surface area contributed by atoms with Crippen LogP contribution in [0.1, 0.15) is 0 Å². The van der Waals surface area contributed by atoms with Crippen molar-refractivity contribution in [3.63, 3.8) is 0 Å². The summed E-state index contributed by atoms with van der Waals surface area (Å²) in [7, 11) is 0. The van der Waals surface area contributed by atoms with Crippen molar-refractivity contribution in [1.82, 2.24) is 4.98 Å². The second kappa shape index (κ2) is 8.69. The molecule has 0 atom stereocenters. The zero-order valence-electron chi connectivity index (χ0n) is 20.7. The smallest absolute Gasteiger partial charge is 0.141 e. The topological polar surface area (TPSA) is 22.1 Å². The minimum absolute atomic E-state index is 0.225. The number of rotatable bonds is 2. The molecular formula is C35H20FNOS. The Balaban J connectivity index is 1.19. The molecule has 0 amide bonds. The van der Waals surface area contributed by atoms with Crippen LogP contribution in [0.5, 0.6) is 11.5 Å². The van der Waals surface area contributed by atoms with Crippen LogP contribution in [0, 0.1) is 5.82 Å². The number of pyridine rings is 1. The zero-order chi connectivity index (χ0) is 25.9. The third kappa shape index (κ3) is 3.68. The van der Waals surface area contributed by atoms with Crippen molar-refractivity contribution < 1.29 is 9.13 Å². The maximum Gasteiger partial charge on any atom is 0.141 e. The van der Waals surface area contributed by atoms with Crippen LogP contribution < -0.4 is 4.74 Å². The van der Waals surface area contributed by atoms with Gasteiger partial charge in [-0.15, -0.1) is 0 Å². The predicted octanol–water partition coefficient (Wildman–Crippen LogP) is 10.3. The number of halogens is 1. The first kappa shape index (κ1) is 22.3. The van der Waals surface area contributed by atoms with Gasteiger partial charge in [0.1, 0.15) is 17.3 Å². The molecule has 0 N–H and O–H groups in total. The standard InChI is InChI=1S/C35H20FNOS/c36-24-12-14-27-25-5-1-2-6-26(25)29-17-22(9-13-28(29)30(27)19-24)31-15-10-23(20-37-31)21-11-16-33-35(18-21)39-34-8-4-3-7-32(34)38-33/h1-20H. The Labute approximate surface area is 228 Å². The number of hydrogen-bond donors (Lipinski definition) is 0. The molecule has 0 radical (unpaired) electrons. The molecule has 7 aromatic rings. The van der Waals surface area contributed by atoms with E-state index in [1.54, 1.807) is 17.8 Å². The summed E-state index contributed by atoms with van der Waals surface area (Å²) in [6.45, 7) is 0. The summed E-state index contributed by atoms with van der Waals surface area (Å²) in [6, 6.07) is 38.3. The number of fused-ring (bicyclic) bond motifs is 8. The van der Waals surface area contributed by atoms with E-state index in [0.29, 0.717) is 0 Å². The molecule has 1 aromatic heterocycles. The van der Waals surface area contributed by atoms with Crippen LogP contribution in [-0.4, -0.2) is 4.98 Å². The van der Waals surface area contributed by atoms with Crippen LogP contribution in [-0.2, 0) is 0 Å². The lowest BCUT2D eigenvalue weighted by Crippen LogP contribution is -1.95. The van der Waals surface area contributed by atoms with Crippen molar-refractivity contribution in [2.24, 2.45) is 0 Å². The quantitative estimate of drug-likeness (QED) is 0.211. The SMILES string of the molecule is Fc1ccc2c3ccccc3c3cc(-c4ccc(-c5ccc6c(c5)Sc5ccccc5O6)cn4)ccc3c2c1. The van der Waals surface area contributed by atoms with Crippen LogP contribution in [0.2, 0.25) is 0 Å². The lowest BCUT2D eigenvalue weighted by Gasteiger charge is -2.20. The van der Waals surface area contributed by atoms with E-state index in [1.807, 2.05) is 42.6 Å². The Morgan fingerprint density at radius 1 is 0.513 bits per heavy atom. The molecular weight excluding hydrogens is 501 g/mol. The van der Waals surface area contributed by atoms with Crippen molar-refractivity contribution in [3.8, 4) is 33.9 Å². The van der Waals surface area contributed by atoms with Gasteiger partial charge in [-0.1, -0.05) is 78.5 Å². The summed E-state index contributed by atoms with van der Waals surface area (Å²) < 4.78 is 20.3. The molecule has 1 aliphatic heterocycles. The van der Waals surface area contributed by atoms with E-state index in [-0.39, 0.29) is 5.82 Å². The second-order valence-electron chi connectivity index (χ2n) is 9.74. The molecule has 8 rings (SSSR count). The molecule has 0 aliphatic carbocycles. The monoisotopic (exact) mass is 521 g/mol. The molecule has 184 valence electrons. The summed E-state index contributed by atoms with van der Waals surface area (Å²) in [5.41, 5.74) is 4.07. The molecule has 2 heterocycles.